The molecule has 2 aromatic heterocycles. The van der Waals surface area contributed by atoms with Crippen LogP contribution in [0, 0.1) is 0 Å². The standard InChI is InChI=1S/C18H15N3O4/c22-18-21(13-3-5-20-6-4-19-17(20)10-13)14(11-25-18)12-1-2-15-16(9-12)24-8-7-23-15/h1-6,9-10,14H,7-8,11H2. The van der Waals surface area contributed by atoms with E-state index in [4.69, 9.17) is 14.2 Å². The Bertz CT molecular complexity index is 968. The summed E-state index contributed by atoms with van der Waals surface area (Å²) in [7, 11) is 0. The van der Waals surface area contributed by atoms with E-state index in [9.17, 15) is 4.79 Å². The number of rotatable bonds is 2. The molecule has 2 aliphatic rings. The van der Waals surface area contributed by atoms with Crippen molar-refractivity contribution in [3.8, 4) is 11.5 Å². The first kappa shape index (κ1) is 14.2. The molecule has 7 nitrogen and oxygen atoms in total. The third-order valence-electron chi connectivity index (χ3n) is 4.48. The van der Waals surface area contributed by atoms with Crippen LogP contribution in [0.2, 0.25) is 0 Å². The molecule has 0 saturated carbocycles. The van der Waals surface area contributed by atoms with Gasteiger partial charge in [-0.25, -0.2) is 9.78 Å². The number of pyridine rings is 1. The summed E-state index contributed by atoms with van der Waals surface area (Å²) in [5, 5.41) is 0. The Morgan fingerprint density at radius 3 is 2.80 bits per heavy atom. The number of carbonyl (C=O) groups excluding carboxylic acids is 1. The molecular formula is C18H15N3O4. The summed E-state index contributed by atoms with van der Waals surface area (Å²) in [4.78, 5) is 18.3. The average Bonchev–Trinajstić information content (AvgIpc) is 3.27. The van der Waals surface area contributed by atoms with Gasteiger partial charge in [0.15, 0.2) is 11.5 Å². The first-order valence-electron chi connectivity index (χ1n) is 8.08. The van der Waals surface area contributed by atoms with E-state index in [0.717, 1.165) is 22.6 Å². The maximum atomic E-state index is 12.3. The van der Waals surface area contributed by atoms with Gasteiger partial charge in [-0.15, -0.1) is 0 Å². The summed E-state index contributed by atoms with van der Waals surface area (Å²) in [5.74, 6) is 1.43. The minimum atomic E-state index is -0.365. The average molecular weight is 337 g/mol. The number of fused-ring (bicyclic) bond motifs is 2. The predicted octanol–water partition coefficient (Wildman–Crippen LogP) is 2.80. The van der Waals surface area contributed by atoms with E-state index in [1.807, 2.05) is 47.1 Å². The molecule has 3 aromatic rings. The zero-order valence-corrected chi connectivity index (χ0v) is 13.3. The van der Waals surface area contributed by atoms with E-state index in [1.54, 1.807) is 11.1 Å². The Morgan fingerprint density at radius 1 is 1.00 bits per heavy atom. The molecule has 126 valence electrons. The molecule has 1 atom stereocenters. The van der Waals surface area contributed by atoms with Crippen molar-refractivity contribution < 1.29 is 19.0 Å². The van der Waals surface area contributed by atoms with Crippen molar-refractivity contribution in [2.45, 2.75) is 6.04 Å². The number of cyclic esters (lactones) is 1. The molecule has 0 spiro atoms. The van der Waals surface area contributed by atoms with Gasteiger partial charge in [0.05, 0.1) is 11.7 Å². The Hall–Kier alpha value is -3.22. The fourth-order valence-corrected chi connectivity index (χ4v) is 3.27. The van der Waals surface area contributed by atoms with E-state index in [1.165, 1.54) is 0 Å². The number of nitrogens with zero attached hydrogens (tertiary/aromatic N) is 3. The highest BCUT2D eigenvalue weighted by Crippen LogP contribution is 2.38. The number of anilines is 1. The zero-order valence-electron chi connectivity index (χ0n) is 13.3. The lowest BCUT2D eigenvalue weighted by Crippen LogP contribution is -2.27. The van der Waals surface area contributed by atoms with Crippen molar-refractivity contribution in [2.24, 2.45) is 0 Å². The van der Waals surface area contributed by atoms with Gasteiger partial charge in [0, 0.05) is 24.7 Å². The number of amides is 1. The molecule has 1 fully saturated rings. The van der Waals surface area contributed by atoms with Crippen LogP contribution in [-0.2, 0) is 4.74 Å². The van der Waals surface area contributed by atoms with Crippen molar-refractivity contribution in [1.82, 2.24) is 9.38 Å². The van der Waals surface area contributed by atoms with E-state index in [2.05, 4.69) is 4.98 Å². The first-order chi connectivity index (χ1) is 12.3. The molecule has 2 aliphatic heterocycles. The van der Waals surface area contributed by atoms with Gasteiger partial charge in [0.1, 0.15) is 25.5 Å². The van der Waals surface area contributed by atoms with Crippen LogP contribution in [0.5, 0.6) is 11.5 Å². The summed E-state index contributed by atoms with van der Waals surface area (Å²) in [6.45, 7) is 1.36. The fraction of sp³-hybridized carbons (Fsp3) is 0.222. The van der Waals surface area contributed by atoms with Gasteiger partial charge >= 0.3 is 6.09 Å². The molecule has 0 N–H and O–H groups in total. The summed E-state index contributed by atoms with van der Waals surface area (Å²) in [6, 6.07) is 9.27. The monoisotopic (exact) mass is 337 g/mol. The minimum Gasteiger partial charge on any atom is -0.486 e. The number of benzene rings is 1. The number of carbonyl (C=O) groups is 1. The van der Waals surface area contributed by atoms with Gasteiger partial charge < -0.3 is 18.6 Å². The maximum Gasteiger partial charge on any atom is 0.415 e. The molecule has 1 unspecified atom stereocenters. The van der Waals surface area contributed by atoms with Gasteiger partial charge in [0.2, 0.25) is 0 Å². The zero-order chi connectivity index (χ0) is 16.8. The molecule has 25 heavy (non-hydrogen) atoms. The summed E-state index contributed by atoms with van der Waals surface area (Å²) >= 11 is 0. The molecule has 5 rings (SSSR count). The van der Waals surface area contributed by atoms with Crippen LogP contribution in [0.1, 0.15) is 11.6 Å². The smallest absolute Gasteiger partial charge is 0.415 e. The van der Waals surface area contributed by atoms with Crippen LogP contribution in [-0.4, -0.2) is 35.3 Å². The number of ether oxygens (including phenoxy) is 3. The first-order valence-corrected chi connectivity index (χ1v) is 8.08. The van der Waals surface area contributed by atoms with E-state index in [0.29, 0.717) is 19.0 Å². The SMILES string of the molecule is O=C1OCC(c2ccc3c(c2)OCCO3)N1c1ccn2ccnc2c1. The Kier molecular flexibility index (Phi) is 3.06. The molecule has 1 aromatic carbocycles. The lowest BCUT2D eigenvalue weighted by atomic mass is 10.1. The highest BCUT2D eigenvalue weighted by Gasteiger charge is 2.36. The van der Waals surface area contributed by atoms with Gasteiger partial charge in [0.25, 0.3) is 0 Å². The number of hydrogen-bond acceptors (Lipinski definition) is 5. The molecule has 1 amide bonds. The second kappa shape index (κ2) is 5.41. The summed E-state index contributed by atoms with van der Waals surface area (Å²) in [5.41, 5.74) is 2.47. The van der Waals surface area contributed by atoms with Crippen molar-refractivity contribution in [1.29, 1.82) is 0 Å². The van der Waals surface area contributed by atoms with E-state index in [-0.39, 0.29) is 18.7 Å². The Morgan fingerprint density at radius 2 is 1.88 bits per heavy atom. The number of aromatic nitrogens is 2. The topological polar surface area (TPSA) is 65.3 Å². The molecule has 4 heterocycles. The normalized spacial score (nSPS) is 19.3. The van der Waals surface area contributed by atoms with Gasteiger partial charge in [-0.3, -0.25) is 4.90 Å². The van der Waals surface area contributed by atoms with E-state index < -0.39 is 0 Å². The largest absolute Gasteiger partial charge is 0.486 e. The molecule has 0 aliphatic carbocycles. The van der Waals surface area contributed by atoms with Gasteiger partial charge in [-0.2, -0.15) is 0 Å². The molecule has 7 heteroatoms. The van der Waals surface area contributed by atoms with Crippen molar-refractivity contribution in [3.05, 3.63) is 54.5 Å². The quantitative estimate of drug-likeness (QED) is 0.719. The molecule has 0 radical (unpaired) electrons. The van der Waals surface area contributed by atoms with Crippen LogP contribution in [0.25, 0.3) is 5.65 Å². The second-order valence-electron chi connectivity index (χ2n) is 5.94. The lowest BCUT2D eigenvalue weighted by molar-refractivity contribution is 0.171. The highest BCUT2D eigenvalue weighted by atomic mass is 16.6. The van der Waals surface area contributed by atoms with Crippen LogP contribution < -0.4 is 14.4 Å². The van der Waals surface area contributed by atoms with Crippen LogP contribution in [0.15, 0.2) is 48.9 Å². The second-order valence-corrected chi connectivity index (χ2v) is 5.94. The number of hydrogen-bond donors (Lipinski definition) is 0. The van der Waals surface area contributed by atoms with Gasteiger partial charge in [-0.05, 0) is 23.8 Å². The highest BCUT2D eigenvalue weighted by molar-refractivity contribution is 5.91. The maximum absolute atomic E-state index is 12.3. The third-order valence-corrected chi connectivity index (χ3v) is 4.48. The Balaban J connectivity index is 1.54. The minimum absolute atomic E-state index is 0.222. The predicted molar refractivity (Wildman–Crippen MR) is 89.2 cm³/mol. The van der Waals surface area contributed by atoms with Crippen molar-refractivity contribution in [3.63, 3.8) is 0 Å². The number of imidazole rings is 1. The lowest BCUT2D eigenvalue weighted by Gasteiger charge is -2.24. The van der Waals surface area contributed by atoms with Crippen molar-refractivity contribution >= 4 is 17.4 Å². The van der Waals surface area contributed by atoms with Crippen LogP contribution in [0.3, 0.4) is 0 Å². The van der Waals surface area contributed by atoms with Crippen LogP contribution >= 0.6 is 0 Å². The third kappa shape index (κ3) is 2.27. The molecule has 0 bridgehead atoms. The van der Waals surface area contributed by atoms with E-state index >= 15 is 0 Å². The van der Waals surface area contributed by atoms with Gasteiger partial charge in [-0.1, -0.05) is 6.07 Å². The Labute approximate surface area is 143 Å². The molecule has 1 saturated heterocycles. The van der Waals surface area contributed by atoms with Crippen molar-refractivity contribution in [2.75, 3.05) is 24.7 Å². The van der Waals surface area contributed by atoms with Crippen LogP contribution in [0.4, 0.5) is 10.5 Å². The summed E-state index contributed by atoms with van der Waals surface area (Å²) < 4.78 is 18.4. The fourth-order valence-electron chi connectivity index (χ4n) is 3.27. The molecular weight excluding hydrogens is 322 g/mol. The summed E-state index contributed by atoms with van der Waals surface area (Å²) in [6.07, 6.45) is 5.10.